The van der Waals surface area contributed by atoms with Gasteiger partial charge in [0.1, 0.15) is 19.8 Å². The Morgan fingerprint density at radius 3 is 2.77 bits per heavy atom. The average Bonchev–Trinajstić information content (AvgIpc) is 3.03. The Morgan fingerprint density at radius 2 is 1.92 bits per heavy atom. The maximum atomic E-state index is 12.6. The lowest BCUT2D eigenvalue weighted by molar-refractivity contribution is -0.131. The van der Waals surface area contributed by atoms with Crippen molar-refractivity contribution in [2.24, 2.45) is 0 Å². The molecule has 0 radical (unpaired) electrons. The first kappa shape index (κ1) is 16.8. The van der Waals surface area contributed by atoms with Gasteiger partial charge in [0.05, 0.1) is 0 Å². The Morgan fingerprint density at radius 1 is 1.12 bits per heavy atom. The average molecular weight is 371 g/mol. The number of hydrogen-bond donors (Lipinski definition) is 0. The van der Waals surface area contributed by atoms with Crippen LogP contribution in [0.3, 0.4) is 0 Å². The van der Waals surface area contributed by atoms with Crippen molar-refractivity contribution in [1.29, 1.82) is 0 Å². The van der Waals surface area contributed by atoms with Gasteiger partial charge in [-0.25, -0.2) is 0 Å². The number of fused-ring (bicyclic) bond motifs is 2. The highest BCUT2D eigenvalue weighted by Gasteiger charge is 2.15. The zero-order chi connectivity index (χ0) is 18.1. The summed E-state index contributed by atoms with van der Waals surface area (Å²) in [5.74, 6) is 1.52. The van der Waals surface area contributed by atoms with Gasteiger partial charge < -0.3 is 18.9 Å². The molecule has 0 saturated heterocycles. The molecule has 0 N–H and O–H groups in total. The second-order valence-electron chi connectivity index (χ2n) is 6.37. The molecule has 2 aromatic carbocycles. The van der Waals surface area contributed by atoms with Gasteiger partial charge in [-0.1, -0.05) is 23.7 Å². The second kappa shape index (κ2) is 6.92. The van der Waals surface area contributed by atoms with E-state index in [1.807, 2.05) is 53.2 Å². The summed E-state index contributed by atoms with van der Waals surface area (Å²) in [5, 5.41) is 1.73. The van der Waals surface area contributed by atoms with Gasteiger partial charge in [-0.3, -0.25) is 4.79 Å². The molecule has 1 amide bonds. The van der Waals surface area contributed by atoms with E-state index in [0.717, 1.165) is 28.0 Å². The number of carbonyl (C=O) groups is 1. The van der Waals surface area contributed by atoms with Crippen LogP contribution in [0.2, 0.25) is 5.02 Å². The molecule has 0 saturated carbocycles. The summed E-state index contributed by atoms with van der Waals surface area (Å²) in [7, 11) is 1.80. The van der Waals surface area contributed by atoms with Crippen molar-refractivity contribution in [2.75, 3.05) is 20.3 Å². The highest BCUT2D eigenvalue weighted by molar-refractivity contribution is 6.31. The molecule has 0 spiro atoms. The summed E-state index contributed by atoms with van der Waals surface area (Å²) in [6, 6.07) is 13.5. The van der Waals surface area contributed by atoms with Crippen LogP contribution in [0.15, 0.2) is 48.7 Å². The van der Waals surface area contributed by atoms with E-state index in [0.29, 0.717) is 24.8 Å². The van der Waals surface area contributed by atoms with Crippen LogP contribution in [0.1, 0.15) is 5.56 Å². The first-order valence-electron chi connectivity index (χ1n) is 8.47. The Kier molecular flexibility index (Phi) is 4.47. The van der Waals surface area contributed by atoms with Gasteiger partial charge >= 0.3 is 0 Å². The Bertz CT molecular complexity index is 967. The van der Waals surface area contributed by atoms with Crippen LogP contribution in [0.4, 0.5) is 0 Å². The molecule has 3 aromatic rings. The van der Waals surface area contributed by atoms with Gasteiger partial charge in [-0.05, 0) is 41.3 Å². The molecule has 134 valence electrons. The number of benzene rings is 2. The largest absolute Gasteiger partial charge is 0.486 e. The standard InChI is InChI=1S/C20H19ClN2O3/c1-22(12-14-2-5-18-19(10-14)26-9-8-25-18)20(24)13-23-7-6-15-3-4-16(21)11-17(15)23/h2-7,10-11H,8-9,12-13H2,1H3. The molecule has 0 unspecified atom stereocenters. The normalized spacial score (nSPS) is 13.0. The summed E-state index contributed by atoms with van der Waals surface area (Å²) in [4.78, 5) is 14.4. The van der Waals surface area contributed by atoms with Crippen molar-refractivity contribution in [3.05, 3.63) is 59.2 Å². The van der Waals surface area contributed by atoms with Crippen LogP contribution in [0, 0.1) is 0 Å². The van der Waals surface area contributed by atoms with Gasteiger partial charge in [0.15, 0.2) is 11.5 Å². The molecule has 1 aliphatic heterocycles. The van der Waals surface area contributed by atoms with Crippen LogP contribution in [-0.2, 0) is 17.9 Å². The van der Waals surface area contributed by atoms with Crippen molar-refractivity contribution in [3.8, 4) is 11.5 Å². The molecule has 0 aliphatic carbocycles. The fourth-order valence-corrected chi connectivity index (χ4v) is 3.28. The monoisotopic (exact) mass is 370 g/mol. The first-order chi connectivity index (χ1) is 12.6. The van der Waals surface area contributed by atoms with Crippen molar-refractivity contribution < 1.29 is 14.3 Å². The lowest BCUT2D eigenvalue weighted by Crippen LogP contribution is -2.29. The summed E-state index contributed by atoms with van der Waals surface area (Å²) in [5.41, 5.74) is 1.96. The van der Waals surface area contributed by atoms with Crippen LogP contribution in [0.5, 0.6) is 11.5 Å². The van der Waals surface area contributed by atoms with Gasteiger partial charge in [0.2, 0.25) is 5.91 Å². The molecular formula is C20H19ClN2O3. The van der Waals surface area contributed by atoms with Crippen molar-refractivity contribution in [3.63, 3.8) is 0 Å². The second-order valence-corrected chi connectivity index (χ2v) is 6.81. The van der Waals surface area contributed by atoms with E-state index in [-0.39, 0.29) is 12.5 Å². The molecule has 1 aromatic heterocycles. The van der Waals surface area contributed by atoms with Crippen molar-refractivity contribution in [1.82, 2.24) is 9.47 Å². The van der Waals surface area contributed by atoms with E-state index < -0.39 is 0 Å². The smallest absolute Gasteiger partial charge is 0.242 e. The molecule has 0 fully saturated rings. The zero-order valence-corrected chi connectivity index (χ0v) is 15.2. The van der Waals surface area contributed by atoms with E-state index in [4.69, 9.17) is 21.1 Å². The molecule has 5 nitrogen and oxygen atoms in total. The molecule has 4 rings (SSSR count). The van der Waals surface area contributed by atoms with E-state index in [1.165, 1.54) is 0 Å². The first-order valence-corrected chi connectivity index (χ1v) is 8.85. The Balaban J connectivity index is 1.46. The van der Waals surface area contributed by atoms with E-state index >= 15 is 0 Å². The van der Waals surface area contributed by atoms with E-state index in [1.54, 1.807) is 11.9 Å². The third-order valence-electron chi connectivity index (χ3n) is 4.49. The zero-order valence-electron chi connectivity index (χ0n) is 14.4. The fraction of sp³-hybridized carbons (Fsp3) is 0.250. The number of ether oxygens (including phenoxy) is 2. The maximum absolute atomic E-state index is 12.6. The van der Waals surface area contributed by atoms with Gasteiger partial charge in [-0.2, -0.15) is 0 Å². The number of hydrogen-bond acceptors (Lipinski definition) is 3. The van der Waals surface area contributed by atoms with Crippen LogP contribution in [-0.4, -0.2) is 35.6 Å². The molecule has 26 heavy (non-hydrogen) atoms. The van der Waals surface area contributed by atoms with E-state index in [2.05, 4.69) is 0 Å². The van der Waals surface area contributed by atoms with Crippen LogP contribution >= 0.6 is 11.6 Å². The van der Waals surface area contributed by atoms with E-state index in [9.17, 15) is 4.79 Å². The molecule has 1 aliphatic rings. The van der Waals surface area contributed by atoms with Gasteiger partial charge in [-0.15, -0.1) is 0 Å². The highest BCUT2D eigenvalue weighted by atomic mass is 35.5. The predicted molar refractivity (Wildman–Crippen MR) is 101 cm³/mol. The van der Waals surface area contributed by atoms with Crippen LogP contribution in [0.25, 0.3) is 10.9 Å². The fourth-order valence-electron chi connectivity index (χ4n) is 3.11. The third kappa shape index (κ3) is 3.35. The number of likely N-dealkylation sites (N-methyl/N-ethyl adjacent to an activating group) is 1. The quantitative estimate of drug-likeness (QED) is 0.703. The van der Waals surface area contributed by atoms with Crippen LogP contribution < -0.4 is 9.47 Å². The summed E-state index contributed by atoms with van der Waals surface area (Å²) >= 11 is 6.08. The number of aromatic nitrogens is 1. The molecule has 0 bridgehead atoms. The minimum atomic E-state index is 0.0253. The minimum Gasteiger partial charge on any atom is -0.486 e. The summed E-state index contributed by atoms with van der Waals surface area (Å²) in [6.45, 7) is 1.90. The molecule has 6 heteroatoms. The number of halogens is 1. The minimum absolute atomic E-state index is 0.0253. The molecule has 0 atom stereocenters. The Labute approximate surface area is 156 Å². The molecule has 2 heterocycles. The molecular weight excluding hydrogens is 352 g/mol. The highest BCUT2D eigenvalue weighted by Crippen LogP contribution is 2.31. The Hall–Kier alpha value is -2.66. The third-order valence-corrected chi connectivity index (χ3v) is 4.73. The lowest BCUT2D eigenvalue weighted by atomic mass is 10.2. The predicted octanol–water partition coefficient (Wildman–Crippen LogP) is 3.72. The summed E-state index contributed by atoms with van der Waals surface area (Å²) < 4.78 is 13.1. The number of rotatable bonds is 4. The lowest BCUT2D eigenvalue weighted by Gasteiger charge is -2.21. The van der Waals surface area contributed by atoms with Gasteiger partial charge in [0, 0.05) is 30.3 Å². The number of nitrogens with zero attached hydrogens (tertiary/aromatic N) is 2. The topological polar surface area (TPSA) is 43.7 Å². The maximum Gasteiger partial charge on any atom is 0.242 e. The van der Waals surface area contributed by atoms with Crippen molar-refractivity contribution >= 4 is 28.4 Å². The van der Waals surface area contributed by atoms with Gasteiger partial charge in [0.25, 0.3) is 0 Å². The van der Waals surface area contributed by atoms with Crippen molar-refractivity contribution in [2.45, 2.75) is 13.1 Å². The number of amides is 1. The summed E-state index contributed by atoms with van der Waals surface area (Å²) in [6.07, 6.45) is 1.91. The SMILES string of the molecule is CN(Cc1ccc2c(c1)OCCO2)C(=O)Cn1ccc2ccc(Cl)cc21. The number of carbonyl (C=O) groups excluding carboxylic acids is 1.